The van der Waals surface area contributed by atoms with Crippen molar-refractivity contribution < 1.29 is 9.15 Å². The molecular weight excluding hydrogens is 797 g/mol. The molecule has 9 aromatic carbocycles. The molecule has 1 aliphatic heterocycles. The molecule has 6 heteroatoms. The summed E-state index contributed by atoms with van der Waals surface area (Å²) in [7, 11) is 0. The molecule has 3 aromatic heterocycles. The molecule has 0 bridgehead atoms. The van der Waals surface area contributed by atoms with Gasteiger partial charge in [0.2, 0.25) is 0 Å². The van der Waals surface area contributed by atoms with Crippen LogP contribution in [-0.2, 0) is 5.41 Å². The van der Waals surface area contributed by atoms with Gasteiger partial charge in [-0.15, -0.1) is 0 Å². The fourth-order valence-electron chi connectivity index (χ4n) is 10.7. The predicted molar refractivity (Wildman–Crippen MR) is 259 cm³/mol. The zero-order valence-corrected chi connectivity index (χ0v) is 34.7. The molecule has 12 aromatic rings. The molecule has 1 spiro atoms. The second kappa shape index (κ2) is 13.6. The smallest absolute Gasteiger partial charge is 0.164 e. The van der Waals surface area contributed by atoms with Crippen molar-refractivity contribution in [3.63, 3.8) is 0 Å². The molecule has 0 unspecified atom stereocenters. The van der Waals surface area contributed by atoms with Crippen LogP contribution in [0.1, 0.15) is 22.3 Å². The lowest BCUT2D eigenvalue weighted by molar-refractivity contribution is 0.442. The molecule has 1 aliphatic carbocycles. The predicted octanol–water partition coefficient (Wildman–Crippen LogP) is 14.6. The number of ether oxygens (including phenoxy) is 1. The highest BCUT2D eigenvalue weighted by atomic mass is 16.5. The van der Waals surface area contributed by atoms with Crippen LogP contribution >= 0.6 is 0 Å². The van der Waals surface area contributed by atoms with Gasteiger partial charge in [-0.25, -0.2) is 19.9 Å². The fourth-order valence-corrected chi connectivity index (χ4v) is 10.7. The standard InChI is InChI=1S/C59H34N4O2/c1-3-16-35(17-4-1)54-41-31-32-47-55(65-50-28-14-12-26-46(50)59(47)44-24-10-7-20-38(44)39-21-8-11-25-45(39)59)53(41)43-34-37(30-33-48(43)60-54)57-61-56(36-18-5-2-6-19-36)62-58(63-57)42-23-15-29-51-52(42)40-22-9-13-27-49(40)64-51/h1-34H. The van der Waals surface area contributed by atoms with Crippen molar-refractivity contribution in [2.24, 2.45) is 0 Å². The molecule has 0 saturated heterocycles. The third-order valence-corrected chi connectivity index (χ3v) is 13.4. The van der Waals surface area contributed by atoms with Gasteiger partial charge in [0.1, 0.15) is 22.7 Å². The molecule has 2 aliphatic rings. The molecular formula is C59H34N4O2. The molecule has 0 atom stereocenters. The maximum absolute atomic E-state index is 7.30. The van der Waals surface area contributed by atoms with Crippen LogP contribution in [0.3, 0.4) is 0 Å². The SMILES string of the molecule is c1ccc(-c2nc(-c3ccc4nc(-c5ccccc5)c5ccc6c(c5c4c3)Oc3ccccc3C63c4ccccc4-c4ccccc43)nc(-c3cccc4oc5ccccc5c34)n2)cc1. The van der Waals surface area contributed by atoms with Crippen LogP contribution in [0.2, 0.25) is 0 Å². The number of aromatic nitrogens is 4. The quantitative estimate of drug-likeness (QED) is 0.165. The Morgan fingerprint density at radius 2 is 0.969 bits per heavy atom. The van der Waals surface area contributed by atoms with Gasteiger partial charge in [0.15, 0.2) is 17.5 Å². The topological polar surface area (TPSA) is 73.9 Å². The average molecular weight is 831 g/mol. The maximum atomic E-state index is 7.30. The average Bonchev–Trinajstić information content (AvgIpc) is 3.90. The molecule has 0 fully saturated rings. The van der Waals surface area contributed by atoms with E-state index in [2.05, 4.69) is 140 Å². The lowest BCUT2D eigenvalue weighted by atomic mass is 9.65. The summed E-state index contributed by atoms with van der Waals surface area (Å²) >= 11 is 0. The summed E-state index contributed by atoms with van der Waals surface area (Å²) in [5.41, 5.74) is 13.5. The highest BCUT2D eigenvalue weighted by Crippen LogP contribution is 2.63. The van der Waals surface area contributed by atoms with Crippen molar-refractivity contribution in [3.05, 3.63) is 229 Å². The maximum Gasteiger partial charge on any atom is 0.164 e. The number of hydrogen-bond acceptors (Lipinski definition) is 6. The van der Waals surface area contributed by atoms with Crippen molar-refractivity contribution in [1.82, 2.24) is 19.9 Å². The Labute approximate surface area is 373 Å². The van der Waals surface area contributed by atoms with Crippen LogP contribution in [0, 0.1) is 0 Å². The van der Waals surface area contributed by atoms with E-state index < -0.39 is 5.41 Å². The van der Waals surface area contributed by atoms with E-state index in [4.69, 9.17) is 29.1 Å². The molecule has 0 N–H and O–H groups in total. The largest absolute Gasteiger partial charge is 0.456 e. The van der Waals surface area contributed by atoms with Gasteiger partial charge in [-0.2, -0.15) is 0 Å². The lowest BCUT2D eigenvalue weighted by Gasteiger charge is -2.40. The van der Waals surface area contributed by atoms with Crippen molar-refractivity contribution in [2.75, 3.05) is 0 Å². The van der Waals surface area contributed by atoms with Crippen molar-refractivity contribution in [1.29, 1.82) is 0 Å². The Balaban J connectivity index is 1.07. The third-order valence-electron chi connectivity index (χ3n) is 13.4. The molecule has 14 rings (SSSR count). The minimum atomic E-state index is -0.627. The fraction of sp³-hybridized carbons (Fsp3) is 0.0169. The van der Waals surface area contributed by atoms with Crippen molar-refractivity contribution >= 4 is 43.6 Å². The number of rotatable bonds is 4. The first-order valence-electron chi connectivity index (χ1n) is 21.9. The Morgan fingerprint density at radius 1 is 0.354 bits per heavy atom. The summed E-state index contributed by atoms with van der Waals surface area (Å²) in [5, 5.41) is 4.89. The zero-order valence-electron chi connectivity index (χ0n) is 34.7. The minimum absolute atomic E-state index is 0.548. The molecule has 6 nitrogen and oxygen atoms in total. The highest BCUT2D eigenvalue weighted by molar-refractivity contribution is 6.16. The van der Waals surface area contributed by atoms with E-state index in [0.717, 1.165) is 94.2 Å². The summed E-state index contributed by atoms with van der Waals surface area (Å²) < 4.78 is 13.6. The van der Waals surface area contributed by atoms with E-state index in [0.29, 0.717) is 17.5 Å². The van der Waals surface area contributed by atoms with E-state index in [-0.39, 0.29) is 0 Å². The number of hydrogen-bond donors (Lipinski definition) is 0. The van der Waals surface area contributed by atoms with Crippen LogP contribution < -0.4 is 4.74 Å². The Morgan fingerprint density at radius 3 is 1.75 bits per heavy atom. The zero-order chi connectivity index (χ0) is 42.6. The minimum Gasteiger partial charge on any atom is -0.456 e. The van der Waals surface area contributed by atoms with Gasteiger partial charge in [-0.3, -0.25) is 0 Å². The van der Waals surface area contributed by atoms with Crippen LogP contribution in [0.5, 0.6) is 11.5 Å². The highest BCUT2D eigenvalue weighted by Gasteiger charge is 2.51. The Hall–Kier alpha value is -8.74. The molecule has 65 heavy (non-hydrogen) atoms. The van der Waals surface area contributed by atoms with Crippen LogP contribution in [0.25, 0.3) is 100 Å². The monoisotopic (exact) mass is 830 g/mol. The normalized spacial score (nSPS) is 13.2. The van der Waals surface area contributed by atoms with E-state index in [1.807, 2.05) is 66.7 Å². The molecule has 0 radical (unpaired) electrons. The molecule has 4 heterocycles. The van der Waals surface area contributed by atoms with Gasteiger partial charge < -0.3 is 9.15 Å². The van der Waals surface area contributed by atoms with Crippen LogP contribution in [-0.4, -0.2) is 19.9 Å². The Bertz CT molecular complexity index is 3890. The number of fused-ring (bicyclic) bond motifs is 16. The van der Waals surface area contributed by atoms with Crippen LogP contribution in [0.4, 0.5) is 0 Å². The van der Waals surface area contributed by atoms with Crippen LogP contribution in [0.15, 0.2) is 211 Å². The van der Waals surface area contributed by atoms with Gasteiger partial charge in [0.05, 0.1) is 16.6 Å². The summed E-state index contributed by atoms with van der Waals surface area (Å²) in [5.74, 6) is 3.33. The number of pyridine rings is 1. The summed E-state index contributed by atoms with van der Waals surface area (Å²) in [6.45, 7) is 0. The first-order valence-corrected chi connectivity index (χ1v) is 21.9. The Kier molecular flexibility index (Phi) is 7.51. The summed E-state index contributed by atoms with van der Waals surface area (Å²) in [4.78, 5) is 21.1. The number of benzene rings is 9. The first-order chi connectivity index (χ1) is 32.2. The lowest BCUT2D eigenvalue weighted by Crippen LogP contribution is -2.32. The number of furan rings is 1. The third kappa shape index (κ3) is 5.10. The number of nitrogens with zero attached hydrogens (tertiary/aromatic N) is 4. The van der Waals surface area contributed by atoms with E-state index in [1.54, 1.807) is 0 Å². The van der Waals surface area contributed by atoms with Gasteiger partial charge in [-0.1, -0.05) is 170 Å². The second-order valence-electron chi connectivity index (χ2n) is 16.8. The molecule has 0 amide bonds. The van der Waals surface area contributed by atoms with Crippen molar-refractivity contribution in [2.45, 2.75) is 5.41 Å². The van der Waals surface area contributed by atoms with Gasteiger partial charge in [0, 0.05) is 60.3 Å². The number of para-hydroxylation sites is 2. The van der Waals surface area contributed by atoms with Gasteiger partial charge >= 0.3 is 0 Å². The van der Waals surface area contributed by atoms with Crippen molar-refractivity contribution in [3.8, 4) is 68.0 Å². The van der Waals surface area contributed by atoms with Gasteiger partial charge in [0.25, 0.3) is 0 Å². The van der Waals surface area contributed by atoms with E-state index in [1.165, 1.54) is 22.3 Å². The summed E-state index contributed by atoms with van der Waals surface area (Å²) in [6, 6.07) is 71.8. The summed E-state index contributed by atoms with van der Waals surface area (Å²) in [6.07, 6.45) is 0. The first kappa shape index (κ1) is 35.8. The van der Waals surface area contributed by atoms with Gasteiger partial charge in [-0.05, 0) is 58.7 Å². The van der Waals surface area contributed by atoms with E-state index in [9.17, 15) is 0 Å². The van der Waals surface area contributed by atoms with E-state index >= 15 is 0 Å². The molecule has 0 saturated carbocycles. The molecule has 302 valence electrons. The second-order valence-corrected chi connectivity index (χ2v) is 16.8.